The third-order valence-corrected chi connectivity index (χ3v) is 3.71. The molecule has 0 aliphatic carbocycles. The van der Waals surface area contributed by atoms with Gasteiger partial charge in [-0.05, 0) is 31.2 Å². The van der Waals surface area contributed by atoms with Crippen LogP contribution < -0.4 is 4.74 Å². The van der Waals surface area contributed by atoms with Gasteiger partial charge in [0.2, 0.25) is 5.92 Å². The van der Waals surface area contributed by atoms with E-state index in [1.165, 1.54) is 0 Å². The molecule has 1 aromatic carbocycles. The molecule has 0 N–H and O–H groups in total. The number of hydrogen-bond donors (Lipinski definition) is 0. The standard InChI is InChI=1S/C18H13F11O5/c1-9(16(21,22)23)12(30)34-15(18(27,28)29,32-8-7-14(2,19)20)13(31)33-11-5-3-10(4-6-11)17(24,25)26/h3-6H,1,7-8H2,2H3. The smallest absolute Gasteiger partial charge is 0.421 e. The van der Waals surface area contributed by atoms with Crippen molar-refractivity contribution < 1.29 is 72.1 Å². The largest absolute Gasteiger partial charge is 0.468 e. The molecule has 0 heterocycles. The highest BCUT2D eigenvalue weighted by molar-refractivity contribution is 5.92. The summed E-state index contributed by atoms with van der Waals surface area (Å²) >= 11 is 0. The van der Waals surface area contributed by atoms with Crippen LogP contribution in [-0.2, 0) is 25.2 Å². The topological polar surface area (TPSA) is 61.8 Å². The Labute approximate surface area is 183 Å². The van der Waals surface area contributed by atoms with Crippen molar-refractivity contribution in [1.29, 1.82) is 0 Å². The summed E-state index contributed by atoms with van der Waals surface area (Å²) in [5.74, 6) is -15.4. The van der Waals surface area contributed by atoms with E-state index in [1.807, 2.05) is 0 Å². The van der Waals surface area contributed by atoms with E-state index in [9.17, 15) is 57.9 Å². The number of ether oxygens (including phenoxy) is 3. The SMILES string of the molecule is C=C(C(=O)OC(OCCC(C)(F)F)(C(=O)Oc1ccc(C(F)(F)F)cc1)C(F)(F)F)C(F)(F)F. The Morgan fingerprint density at radius 2 is 1.38 bits per heavy atom. The van der Waals surface area contributed by atoms with Gasteiger partial charge in [0.15, 0.2) is 0 Å². The molecule has 192 valence electrons. The van der Waals surface area contributed by atoms with E-state index < -0.39 is 72.1 Å². The molecule has 16 heteroatoms. The summed E-state index contributed by atoms with van der Waals surface area (Å²) < 4.78 is 155. The first-order valence-corrected chi connectivity index (χ1v) is 8.57. The third-order valence-electron chi connectivity index (χ3n) is 3.71. The maximum absolute atomic E-state index is 13.7. The average Bonchev–Trinajstić information content (AvgIpc) is 2.63. The predicted molar refractivity (Wildman–Crippen MR) is 88.3 cm³/mol. The quantitative estimate of drug-likeness (QED) is 0.148. The van der Waals surface area contributed by atoms with Gasteiger partial charge in [0, 0.05) is 6.42 Å². The van der Waals surface area contributed by atoms with E-state index in [-0.39, 0.29) is 19.1 Å². The van der Waals surface area contributed by atoms with Crippen molar-refractivity contribution in [3.63, 3.8) is 0 Å². The molecule has 1 rings (SSSR count). The van der Waals surface area contributed by atoms with Crippen LogP contribution in [0.25, 0.3) is 0 Å². The molecule has 5 nitrogen and oxygen atoms in total. The number of rotatable bonds is 8. The minimum absolute atomic E-state index is 0.226. The summed E-state index contributed by atoms with van der Waals surface area (Å²) in [4.78, 5) is 23.9. The molecule has 0 bridgehead atoms. The van der Waals surface area contributed by atoms with Gasteiger partial charge in [-0.25, -0.2) is 18.4 Å². The Kier molecular flexibility index (Phi) is 8.36. The maximum atomic E-state index is 13.7. The zero-order chi connectivity index (χ0) is 26.8. The van der Waals surface area contributed by atoms with Crippen molar-refractivity contribution in [3.05, 3.63) is 42.0 Å². The van der Waals surface area contributed by atoms with Gasteiger partial charge < -0.3 is 14.2 Å². The first kappa shape index (κ1) is 29.1. The van der Waals surface area contributed by atoms with E-state index in [0.717, 1.165) is 0 Å². The Balaban J connectivity index is 3.40. The summed E-state index contributed by atoms with van der Waals surface area (Å²) in [6.45, 7) is 0.729. The van der Waals surface area contributed by atoms with E-state index in [0.29, 0.717) is 12.1 Å². The summed E-state index contributed by atoms with van der Waals surface area (Å²) in [5, 5.41) is 0. The minimum atomic E-state index is -6.21. The van der Waals surface area contributed by atoms with Crippen molar-refractivity contribution in [3.8, 4) is 5.75 Å². The predicted octanol–water partition coefficient (Wildman–Crippen LogP) is 5.59. The molecule has 0 aliphatic rings. The molecule has 0 radical (unpaired) electrons. The number of carbonyl (C=O) groups is 2. The highest BCUT2D eigenvalue weighted by Crippen LogP contribution is 2.39. The number of carbonyl (C=O) groups excluding carboxylic acids is 2. The van der Waals surface area contributed by atoms with Gasteiger partial charge in [0.05, 0.1) is 12.2 Å². The monoisotopic (exact) mass is 518 g/mol. The lowest BCUT2D eigenvalue weighted by Crippen LogP contribution is -2.59. The summed E-state index contributed by atoms with van der Waals surface area (Å²) in [5.41, 5.74) is -3.84. The second kappa shape index (κ2) is 9.76. The maximum Gasteiger partial charge on any atom is 0.468 e. The molecule has 1 atom stereocenters. The van der Waals surface area contributed by atoms with Crippen LogP contribution in [0.1, 0.15) is 18.9 Å². The lowest BCUT2D eigenvalue weighted by atomic mass is 10.2. The fraction of sp³-hybridized carbons (Fsp3) is 0.444. The molecule has 0 aliphatic heterocycles. The lowest BCUT2D eigenvalue weighted by Gasteiger charge is -2.32. The minimum Gasteiger partial charge on any atom is -0.421 e. The zero-order valence-electron chi connectivity index (χ0n) is 16.6. The number of halogens is 11. The van der Waals surface area contributed by atoms with Crippen molar-refractivity contribution >= 4 is 11.9 Å². The summed E-state index contributed by atoms with van der Waals surface area (Å²) in [7, 11) is 0. The normalized spacial score (nSPS) is 14.8. The van der Waals surface area contributed by atoms with Crippen molar-refractivity contribution in [2.75, 3.05) is 6.61 Å². The Hall–Kier alpha value is -2.91. The van der Waals surface area contributed by atoms with Crippen LogP contribution in [0.3, 0.4) is 0 Å². The van der Waals surface area contributed by atoms with Crippen molar-refractivity contribution in [1.82, 2.24) is 0 Å². The van der Waals surface area contributed by atoms with Crippen LogP contribution in [0.15, 0.2) is 36.4 Å². The van der Waals surface area contributed by atoms with Gasteiger partial charge in [-0.3, -0.25) is 0 Å². The van der Waals surface area contributed by atoms with Gasteiger partial charge >= 0.3 is 36.3 Å². The van der Waals surface area contributed by atoms with Gasteiger partial charge in [0.25, 0.3) is 0 Å². The number of alkyl halides is 11. The van der Waals surface area contributed by atoms with Gasteiger partial charge in [-0.15, -0.1) is 0 Å². The highest BCUT2D eigenvalue weighted by Gasteiger charge is 2.68. The van der Waals surface area contributed by atoms with Gasteiger partial charge in [-0.2, -0.15) is 39.5 Å². The van der Waals surface area contributed by atoms with E-state index in [4.69, 9.17) is 0 Å². The zero-order valence-corrected chi connectivity index (χ0v) is 16.6. The fourth-order valence-electron chi connectivity index (χ4n) is 1.95. The summed E-state index contributed by atoms with van der Waals surface area (Å²) in [6.07, 6.45) is -18.2. The van der Waals surface area contributed by atoms with E-state index >= 15 is 0 Å². The second-order valence-electron chi connectivity index (χ2n) is 6.56. The number of esters is 2. The van der Waals surface area contributed by atoms with Crippen molar-refractivity contribution in [2.24, 2.45) is 0 Å². The van der Waals surface area contributed by atoms with E-state index in [2.05, 4.69) is 20.8 Å². The van der Waals surface area contributed by atoms with E-state index in [1.54, 1.807) is 0 Å². The molecule has 0 saturated heterocycles. The molecule has 1 aromatic rings. The lowest BCUT2D eigenvalue weighted by molar-refractivity contribution is -0.354. The molecular weight excluding hydrogens is 505 g/mol. The van der Waals surface area contributed by atoms with Crippen LogP contribution in [0.5, 0.6) is 5.75 Å². The number of hydrogen-bond acceptors (Lipinski definition) is 5. The first-order chi connectivity index (χ1) is 15.1. The Morgan fingerprint density at radius 3 is 1.76 bits per heavy atom. The molecule has 0 saturated carbocycles. The van der Waals surface area contributed by atoms with Crippen LogP contribution in [0.2, 0.25) is 0 Å². The molecule has 0 aromatic heterocycles. The van der Waals surface area contributed by atoms with Crippen molar-refractivity contribution in [2.45, 2.75) is 43.6 Å². The molecular formula is C18H13F11O5. The van der Waals surface area contributed by atoms with Crippen LogP contribution >= 0.6 is 0 Å². The Bertz CT molecular complexity index is 895. The van der Waals surface area contributed by atoms with Crippen LogP contribution in [0.4, 0.5) is 48.3 Å². The molecule has 0 amide bonds. The van der Waals surface area contributed by atoms with Crippen LogP contribution in [-0.4, -0.2) is 42.6 Å². The van der Waals surface area contributed by atoms with Gasteiger partial charge in [-0.1, -0.05) is 6.58 Å². The first-order valence-electron chi connectivity index (χ1n) is 8.57. The molecule has 34 heavy (non-hydrogen) atoms. The molecule has 0 spiro atoms. The molecule has 0 fully saturated rings. The number of benzene rings is 1. The van der Waals surface area contributed by atoms with Gasteiger partial charge in [0.1, 0.15) is 11.3 Å². The molecule has 1 unspecified atom stereocenters. The Morgan fingerprint density at radius 1 is 0.882 bits per heavy atom. The summed E-state index contributed by atoms with van der Waals surface area (Å²) in [6, 6.07) is 1.26. The highest BCUT2D eigenvalue weighted by atomic mass is 19.4. The fourth-order valence-corrected chi connectivity index (χ4v) is 1.95. The second-order valence-corrected chi connectivity index (χ2v) is 6.56. The van der Waals surface area contributed by atoms with Crippen LogP contribution in [0, 0.1) is 0 Å². The third kappa shape index (κ3) is 7.56. The average molecular weight is 518 g/mol.